The van der Waals surface area contributed by atoms with E-state index < -0.39 is 0 Å². The number of carbonyl (C=O) groups is 2. The summed E-state index contributed by atoms with van der Waals surface area (Å²) < 4.78 is 5.38. The first-order valence-electron chi connectivity index (χ1n) is 8.80. The first-order valence-corrected chi connectivity index (χ1v) is 9.68. The van der Waals surface area contributed by atoms with Crippen LogP contribution in [0.5, 0.6) is 0 Å². The molecular formula is C20H18N4O3S. The van der Waals surface area contributed by atoms with Crippen LogP contribution in [0.25, 0.3) is 17.5 Å². The second kappa shape index (κ2) is 7.77. The lowest BCUT2D eigenvalue weighted by molar-refractivity contribution is -0.130. The van der Waals surface area contributed by atoms with E-state index in [-0.39, 0.29) is 17.7 Å². The first kappa shape index (κ1) is 18.1. The number of hydrogen-bond donors (Lipinski definition) is 1. The van der Waals surface area contributed by atoms with Gasteiger partial charge in [-0.15, -0.1) is 11.3 Å². The lowest BCUT2D eigenvalue weighted by atomic mass is 10.00. The molecule has 7 nitrogen and oxygen atoms in total. The summed E-state index contributed by atoms with van der Waals surface area (Å²) in [5.41, 5.74) is 1.24. The fourth-order valence-electron chi connectivity index (χ4n) is 2.92. The molecule has 142 valence electrons. The number of hydrogen-bond acceptors (Lipinski definition) is 6. The Morgan fingerprint density at radius 1 is 1.29 bits per heavy atom. The van der Waals surface area contributed by atoms with Gasteiger partial charge in [0.1, 0.15) is 0 Å². The van der Waals surface area contributed by atoms with Crippen molar-refractivity contribution in [3.05, 3.63) is 64.2 Å². The average Bonchev–Trinajstić information content (AvgIpc) is 3.37. The number of carbonyl (C=O) groups excluding carboxylic acids is 2. The molecule has 1 N–H and O–H groups in total. The minimum atomic E-state index is -0.172. The minimum absolute atomic E-state index is 0.0253. The topological polar surface area (TPSA) is 88.3 Å². The molecule has 0 unspecified atom stereocenters. The summed E-state index contributed by atoms with van der Waals surface area (Å²) in [5, 5.41) is 8.59. The largest absolute Gasteiger partial charge is 0.355 e. The Bertz CT molecular complexity index is 1020. The Morgan fingerprint density at radius 2 is 2.14 bits per heavy atom. The van der Waals surface area contributed by atoms with Crippen LogP contribution >= 0.6 is 11.3 Å². The highest BCUT2D eigenvalue weighted by Crippen LogP contribution is 2.28. The van der Waals surface area contributed by atoms with Crippen LogP contribution in [0.15, 0.2) is 52.4 Å². The number of benzene rings is 1. The number of thiophene rings is 1. The van der Waals surface area contributed by atoms with Gasteiger partial charge in [-0.25, -0.2) is 0 Å². The molecule has 0 radical (unpaired) electrons. The molecule has 4 rings (SSSR count). The Kier molecular flexibility index (Phi) is 5.03. The van der Waals surface area contributed by atoms with Crippen LogP contribution < -0.4 is 5.32 Å². The van der Waals surface area contributed by atoms with Crippen molar-refractivity contribution in [3.63, 3.8) is 0 Å². The Balaban J connectivity index is 1.38. The minimum Gasteiger partial charge on any atom is -0.355 e. The second-order valence-electron chi connectivity index (χ2n) is 6.41. The number of nitrogens with one attached hydrogen (secondary N) is 1. The maximum absolute atomic E-state index is 12.2. The molecule has 1 aromatic carbocycles. The fourth-order valence-corrected chi connectivity index (χ4v) is 3.54. The highest BCUT2D eigenvalue weighted by Gasteiger charge is 2.34. The Hall–Kier alpha value is -3.26. The molecule has 2 amide bonds. The zero-order valence-corrected chi connectivity index (χ0v) is 16.0. The van der Waals surface area contributed by atoms with Crippen molar-refractivity contribution >= 4 is 29.2 Å². The molecule has 28 heavy (non-hydrogen) atoms. The van der Waals surface area contributed by atoms with Crippen molar-refractivity contribution in [2.24, 2.45) is 0 Å². The molecule has 0 saturated carbocycles. The van der Waals surface area contributed by atoms with Crippen LogP contribution in [0, 0.1) is 0 Å². The summed E-state index contributed by atoms with van der Waals surface area (Å²) in [6.07, 6.45) is 3.41. The Morgan fingerprint density at radius 3 is 2.89 bits per heavy atom. The van der Waals surface area contributed by atoms with Crippen LogP contribution in [-0.4, -0.2) is 47.0 Å². The van der Waals surface area contributed by atoms with Gasteiger partial charge in [0.05, 0.1) is 5.92 Å². The zero-order valence-electron chi connectivity index (χ0n) is 15.2. The van der Waals surface area contributed by atoms with E-state index in [1.54, 1.807) is 47.6 Å². The van der Waals surface area contributed by atoms with Crippen LogP contribution in [0.4, 0.5) is 0 Å². The van der Waals surface area contributed by atoms with Crippen molar-refractivity contribution in [1.82, 2.24) is 20.4 Å². The van der Waals surface area contributed by atoms with E-state index in [9.17, 15) is 9.59 Å². The van der Waals surface area contributed by atoms with Crippen LogP contribution in [0.2, 0.25) is 0 Å². The molecule has 1 saturated heterocycles. The van der Waals surface area contributed by atoms with E-state index in [2.05, 4.69) is 15.5 Å². The summed E-state index contributed by atoms with van der Waals surface area (Å²) in [5.74, 6) is 0.772. The summed E-state index contributed by atoms with van der Waals surface area (Å²) >= 11 is 1.59. The molecular weight excluding hydrogens is 376 g/mol. The highest BCUT2D eigenvalue weighted by molar-refractivity contribution is 7.10. The van der Waals surface area contributed by atoms with Crippen LogP contribution in [0.1, 0.15) is 27.0 Å². The monoisotopic (exact) mass is 394 g/mol. The third-order valence-electron chi connectivity index (χ3n) is 4.53. The summed E-state index contributed by atoms with van der Waals surface area (Å²) in [6.45, 7) is 1.10. The van der Waals surface area contributed by atoms with Gasteiger partial charge in [0, 0.05) is 42.2 Å². The number of rotatable bonds is 5. The molecule has 2 aromatic heterocycles. The summed E-state index contributed by atoms with van der Waals surface area (Å²) in [6, 6.07) is 11.0. The molecule has 8 heteroatoms. The molecule has 1 fully saturated rings. The molecule has 0 aliphatic carbocycles. The highest BCUT2D eigenvalue weighted by atomic mass is 32.1. The first-order chi connectivity index (χ1) is 13.6. The Labute approximate surface area is 165 Å². The normalized spacial score (nSPS) is 14.2. The van der Waals surface area contributed by atoms with E-state index in [0.717, 1.165) is 4.88 Å². The van der Waals surface area contributed by atoms with Crippen molar-refractivity contribution in [3.8, 4) is 11.4 Å². The van der Waals surface area contributed by atoms with E-state index >= 15 is 0 Å². The summed E-state index contributed by atoms with van der Waals surface area (Å²) in [7, 11) is 1.58. The van der Waals surface area contributed by atoms with E-state index in [4.69, 9.17) is 4.52 Å². The number of amides is 2. The average molecular weight is 394 g/mol. The third kappa shape index (κ3) is 3.72. The number of aromatic nitrogens is 2. The number of nitrogens with zero attached hydrogens (tertiary/aromatic N) is 3. The maximum atomic E-state index is 12.2. The van der Waals surface area contributed by atoms with Gasteiger partial charge in [-0.2, -0.15) is 4.98 Å². The van der Waals surface area contributed by atoms with Crippen LogP contribution in [-0.2, 0) is 4.79 Å². The van der Waals surface area contributed by atoms with Gasteiger partial charge in [0.15, 0.2) is 0 Å². The smallest absolute Gasteiger partial charge is 0.251 e. The molecule has 1 aliphatic heterocycles. The van der Waals surface area contributed by atoms with E-state index in [1.807, 2.05) is 29.7 Å². The predicted octanol–water partition coefficient (Wildman–Crippen LogP) is 2.80. The fraction of sp³-hybridized carbons (Fsp3) is 0.200. The van der Waals surface area contributed by atoms with E-state index in [0.29, 0.717) is 35.9 Å². The predicted molar refractivity (Wildman–Crippen MR) is 106 cm³/mol. The lowest BCUT2D eigenvalue weighted by Crippen LogP contribution is -2.47. The molecule has 3 aromatic rings. The molecule has 1 aliphatic rings. The lowest BCUT2D eigenvalue weighted by Gasteiger charge is -2.36. The quantitative estimate of drug-likeness (QED) is 0.672. The van der Waals surface area contributed by atoms with Gasteiger partial charge in [0.25, 0.3) is 5.91 Å². The van der Waals surface area contributed by atoms with Gasteiger partial charge in [0.2, 0.25) is 17.6 Å². The van der Waals surface area contributed by atoms with E-state index in [1.165, 1.54) is 0 Å². The summed E-state index contributed by atoms with van der Waals surface area (Å²) in [4.78, 5) is 31.2. The third-order valence-corrected chi connectivity index (χ3v) is 5.37. The standard InChI is InChI=1S/C20H18N4O3S/c1-21-19(26)14-5-2-4-13(10-14)18-22-20(27-23-18)15-11-24(12-15)17(25)8-7-16-6-3-9-28-16/h2-10,15H,11-12H2,1H3,(H,21,26)/b8-7+. The van der Waals surface area contributed by atoms with Crippen molar-refractivity contribution in [1.29, 1.82) is 0 Å². The maximum Gasteiger partial charge on any atom is 0.251 e. The van der Waals surface area contributed by atoms with Gasteiger partial charge in [-0.3, -0.25) is 9.59 Å². The van der Waals surface area contributed by atoms with Gasteiger partial charge in [-0.05, 0) is 29.7 Å². The van der Waals surface area contributed by atoms with Crippen LogP contribution in [0.3, 0.4) is 0 Å². The van der Waals surface area contributed by atoms with Crippen molar-refractivity contribution in [2.75, 3.05) is 20.1 Å². The number of likely N-dealkylation sites (tertiary alicyclic amines) is 1. The van der Waals surface area contributed by atoms with Gasteiger partial charge in [-0.1, -0.05) is 23.4 Å². The van der Waals surface area contributed by atoms with Gasteiger partial charge < -0.3 is 14.7 Å². The second-order valence-corrected chi connectivity index (χ2v) is 7.38. The molecule has 0 spiro atoms. The SMILES string of the molecule is CNC(=O)c1cccc(-c2noc(C3CN(C(=O)/C=C/c4cccs4)C3)n2)c1. The van der Waals surface area contributed by atoms with Gasteiger partial charge >= 0.3 is 0 Å². The van der Waals surface area contributed by atoms with Crippen molar-refractivity contribution < 1.29 is 14.1 Å². The van der Waals surface area contributed by atoms with Crippen molar-refractivity contribution in [2.45, 2.75) is 5.92 Å². The molecule has 0 bridgehead atoms. The molecule has 0 atom stereocenters. The molecule has 3 heterocycles. The zero-order chi connectivity index (χ0) is 19.5.